The van der Waals surface area contributed by atoms with E-state index in [4.69, 9.17) is 0 Å². The molecule has 0 saturated carbocycles. The number of aromatic nitrogens is 3. The molecule has 20 heavy (non-hydrogen) atoms. The van der Waals surface area contributed by atoms with Gasteiger partial charge < -0.3 is 5.32 Å². The third-order valence-corrected chi connectivity index (χ3v) is 3.30. The van der Waals surface area contributed by atoms with E-state index < -0.39 is 0 Å². The first-order valence-corrected chi connectivity index (χ1v) is 6.55. The van der Waals surface area contributed by atoms with Crippen LogP contribution in [0, 0.1) is 6.92 Å². The van der Waals surface area contributed by atoms with Crippen LogP contribution in [0.3, 0.4) is 0 Å². The van der Waals surface area contributed by atoms with Gasteiger partial charge in [0.1, 0.15) is 6.33 Å². The van der Waals surface area contributed by atoms with E-state index in [1.54, 1.807) is 0 Å². The molecule has 0 bridgehead atoms. The van der Waals surface area contributed by atoms with Crippen molar-refractivity contribution in [3.63, 3.8) is 0 Å². The minimum atomic E-state index is -0.0861. The number of rotatable bonds is 2. The zero-order valence-corrected chi connectivity index (χ0v) is 11.8. The second-order valence-electron chi connectivity index (χ2n) is 5.52. The third kappa shape index (κ3) is 2.34. The number of nitrogens with one attached hydrogen (secondary N) is 2. The first-order valence-electron chi connectivity index (χ1n) is 6.55. The van der Waals surface area contributed by atoms with Crippen molar-refractivity contribution in [1.82, 2.24) is 20.5 Å². The zero-order chi connectivity index (χ0) is 14.2. The summed E-state index contributed by atoms with van der Waals surface area (Å²) in [6.07, 6.45) is 5.42. The Bertz CT molecular complexity index is 680. The van der Waals surface area contributed by atoms with Crippen LogP contribution >= 0.6 is 0 Å². The average Bonchev–Trinajstić information content (AvgIpc) is 2.93. The van der Waals surface area contributed by atoms with Gasteiger partial charge in [0, 0.05) is 23.5 Å². The maximum atomic E-state index is 4.54. The number of aryl methyl sites for hydroxylation is 1. The Morgan fingerprint density at radius 2 is 2.05 bits per heavy atom. The first kappa shape index (κ1) is 12.6. The van der Waals surface area contributed by atoms with E-state index in [9.17, 15) is 0 Å². The van der Waals surface area contributed by atoms with Gasteiger partial charge in [0.15, 0.2) is 5.82 Å². The Morgan fingerprint density at radius 3 is 2.65 bits per heavy atom. The van der Waals surface area contributed by atoms with Gasteiger partial charge in [-0.3, -0.25) is 10.1 Å². The lowest BCUT2D eigenvalue weighted by molar-refractivity contribution is 0.597. The smallest absolute Gasteiger partial charge is 0.155 e. The summed E-state index contributed by atoms with van der Waals surface area (Å²) in [5.74, 6) is 0.778. The van der Waals surface area contributed by atoms with Crippen LogP contribution in [0.25, 0.3) is 17.1 Å². The first-order chi connectivity index (χ1) is 9.55. The molecule has 2 aromatic rings. The summed E-state index contributed by atoms with van der Waals surface area (Å²) < 4.78 is 0. The normalized spacial score (nSPS) is 16.6. The largest absolute Gasteiger partial charge is 0.379 e. The summed E-state index contributed by atoms with van der Waals surface area (Å²) in [5, 5.41) is 10.1. The van der Waals surface area contributed by atoms with Gasteiger partial charge in [0.05, 0.1) is 11.2 Å². The van der Waals surface area contributed by atoms with Crippen LogP contribution in [-0.4, -0.2) is 26.9 Å². The molecule has 5 heteroatoms. The molecule has 0 fully saturated rings. The molecule has 2 N–H and O–H groups in total. The quantitative estimate of drug-likeness (QED) is 0.878. The Labute approximate surface area is 117 Å². The van der Waals surface area contributed by atoms with Crippen LogP contribution in [0.15, 0.2) is 35.7 Å². The molecule has 0 atom stereocenters. The van der Waals surface area contributed by atoms with E-state index in [1.807, 2.05) is 18.5 Å². The maximum absolute atomic E-state index is 4.54. The minimum absolute atomic E-state index is 0.0861. The molecular formula is C15H17N5. The van der Waals surface area contributed by atoms with Crippen LogP contribution in [0.2, 0.25) is 0 Å². The van der Waals surface area contributed by atoms with Crippen molar-refractivity contribution < 1.29 is 0 Å². The molecule has 0 unspecified atom stereocenters. The van der Waals surface area contributed by atoms with Crippen molar-refractivity contribution in [2.24, 2.45) is 4.99 Å². The van der Waals surface area contributed by atoms with Gasteiger partial charge in [-0.2, -0.15) is 5.10 Å². The van der Waals surface area contributed by atoms with E-state index >= 15 is 0 Å². The number of aliphatic imine (C=N–C) groups is 1. The summed E-state index contributed by atoms with van der Waals surface area (Å²) in [5.41, 5.74) is 4.16. The van der Waals surface area contributed by atoms with Gasteiger partial charge in [0.2, 0.25) is 0 Å². The highest BCUT2D eigenvalue weighted by molar-refractivity contribution is 5.82. The average molecular weight is 267 g/mol. The summed E-state index contributed by atoms with van der Waals surface area (Å²) in [6, 6.07) is 6.18. The van der Waals surface area contributed by atoms with Crippen LogP contribution in [0.4, 0.5) is 0 Å². The van der Waals surface area contributed by atoms with E-state index in [1.165, 1.54) is 6.33 Å². The highest BCUT2D eigenvalue weighted by atomic mass is 15.2. The molecule has 1 aromatic carbocycles. The Kier molecular flexibility index (Phi) is 2.89. The fraction of sp³-hybridized carbons (Fsp3) is 0.267. The number of aromatic amines is 1. The molecule has 1 aliphatic rings. The maximum Gasteiger partial charge on any atom is 0.155 e. The Hall–Kier alpha value is -2.43. The van der Waals surface area contributed by atoms with Crippen molar-refractivity contribution in [3.8, 4) is 11.4 Å². The van der Waals surface area contributed by atoms with Gasteiger partial charge in [-0.1, -0.05) is 12.1 Å². The van der Waals surface area contributed by atoms with Crippen molar-refractivity contribution >= 4 is 11.9 Å². The predicted molar refractivity (Wildman–Crippen MR) is 80.2 cm³/mol. The van der Waals surface area contributed by atoms with Crippen LogP contribution in [-0.2, 0) is 0 Å². The lowest BCUT2D eigenvalue weighted by Crippen LogP contribution is -2.39. The topological polar surface area (TPSA) is 66.0 Å². The lowest BCUT2D eigenvalue weighted by Gasteiger charge is -2.24. The number of benzene rings is 1. The second-order valence-corrected chi connectivity index (χ2v) is 5.52. The fourth-order valence-corrected chi connectivity index (χ4v) is 2.15. The van der Waals surface area contributed by atoms with E-state index in [0.717, 1.165) is 28.2 Å². The van der Waals surface area contributed by atoms with Crippen LogP contribution < -0.4 is 5.32 Å². The molecule has 1 aliphatic heterocycles. The molecular weight excluding hydrogens is 250 g/mol. The SMILES string of the molecule is Cc1cc(-c2ncn[nH]2)ccc1C1=CNC(C)(C)C=N1. The molecule has 3 rings (SSSR count). The van der Waals surface area contributed by atoms with Crippen LogP contribution in [0.5, 0.6) is 0 Å². The molecule has 1 aromatic heterocycles. The Balaban J connectivity index is 1.93. The van der Waals surface area contributed by atoms with Crippen molar-refractivity contribution in [2.75, 3.05) is 0 Å². The van der Waals surface area contributed by atoms with E-state index in [0.29, 0.717) is 0 Å². The van der Waals surface area contributed by atoms with Crippen molar-refractivity contribution in [2.45, 2.75) is 26.3 Å². The zero-order valence-electron chi connectivity index (χ0n) is 11.8. The van der Waals surface area contributed by atoms with Gasteiger partial charge in [0.25, 0.3) is 0 Å². The molecule has 0 aliphatic carbocycles. The van der Waals surface area contributed by atoms with Crippen molar-refractivity contribution in [1.29, 1.82) is 0 Å². The van der Waals surface area contributed by atoms with Crippen LogP contribution in [0.1, 0.15) is 25.0 Å². The summed E-state index contributed by atoms with van der Waals surface area (Å²) in [7, 11) is 0. The Morgan fingerprint density at radius 1 is 1.20 bits per heavy atom. The highest BCUT2D eigenvalue weighted by Gasteiger charge is 2.17. The molecule has 0 spiro atoms. The predicted octanol–water partition coefficient (Wildman–Crippen LogP) is 2.53. The molecule has 5 nitrogen and oxygen atoms in total. The van der Waals surface area contributed by atoms with E-state index in [2.05, 4.69) is 58.4 Å². The molecule has 0 amide bonds. The fourth-order valence-electron chi connectivity index (χ4n) is 2.15. The monoisotopic (exact) mass is 267 g/mol. The number of H-pyrrole nitrogens is 1. The third-order valence-electron chi connectivity index (χ3n) is 3.30. The van der Waals surface area contributed by atoms with E-state index in [-0.39, 0.29) is 5.54 Å². The summed E-state index contributed by atoms with van der Waals surface area (Å²) in [6.45, 7) is 6.25. The molecule has 102 valence electrons. The number of hydrogen-bond donors (Lipinski definition) is 2. The number of nitrogens with zero attached hydrogens (tertiary/aromatic N) is 3. The highest BCUT2D eigenvalue weighted by Crippen LogP contribution is 2.26. The summed E-state index contributed by atoms with van der Waals surface area (Å²) in [4.78, 5) is 8.71. The number of hydrogen-bond acceptors (Lipinski definition) is 4. The van der Waals surface area contributed by atoms with Crippen molar-refractivity contribution in [3.05, 3.63) is 41.9 Å². The molecule has 0 radical (unpaired) electrons. The lowest BCUT2D eigenvalue weighted by atomic mass is 10.0. The summed E-state index contributed by atoms with van der Waals surface area (Å²) >= 11 is 0. The molecule has 0 saturated heterocycles. The van der Waals surface area contributed by atoms with Gasteiger partial charge in [-0.15, -0.1) is 0 Å². The van der Waals surface area contributed by atoms with Gasteiger partial charge in [-0.05, 0) is 32.4 Å². The minimum Gasteiger partial charge on any atom is -0.379 e. The standard InChI is InChI=1S/C15H17N5/c1-10-6-11(14-17-9-19-20-14)4-5-12(10)13-7-18-15(2,3)8-16-13/h4-9,18H,1-3H3,(H,17,19,20). The second kappa shape index (κ2) is 4.59. The van der Waals surface area contributed by atoms with Gasteiger partial charge >= 0.3 is 0 Å². The molecule has 2 heterocycles. The van der Waals surface area contributed by atoms with Gasteiger partial charge in [-0.25, -0.2) is 4.98 Å².